The maximum Gasteiger partial charge on any atom is 0.296 e. The van der Waals surface area contributed by atoms with Crippen molar-refractivity contribution < 1.29 is 13.2 Å². The normalized spacial score (nSPS) is 13.2. The van der Waals surface area contributed by atoms with Crippen molar-refractivity contribution in [2.24, 2.45) is 5.14 Å². The molecule has 0 aliphatic heterocycles. The van der Waals surface area contributed by atoms with Gasteiger partial charge in [0.05, 0.1) is 11.8 Å². The highest BCUT2D eigenvalue weighted by Gasteiger charge is 2.05. The average molecular weight is 244 g/mol. The Labute approximate surface area is 95.8 Å². The van der Waals surface area contributed by atoms with Gasteiger partial charge in [0.15, 0.2) is 0 Å². The van der Waals surface area contributed by atoms with Gasteiger partial charge in [-0.25, -0.2) is 5.14 Å². The van der Waals surface area contributed by atoms with Crippen molar-refractivity contribution in [1.29, 1.82) is 0 Å². The first-order valence-electron chi connectivity index (χ1n) is 4.98. The summed E-state index contributed by atoms with van der Waals surface area (Å²) in [5.74, 6) is 0.614. The molecule has 0 aromatic heterocycles. The zero-order chi connectivity index (χ0) is 12.2. The number of hydrogen-bond donors (Lipinski definition) is 2. The van der Waals surface area contributed by atoms with Crippen molar-refractivity contribution in [2.75, 3.05) is 4.72 Å². The Morgan fingerprint density at radius 1 is 1.50 bits per heavy atom. The minimum atomic E-state index is -3.73. The van der Waals surface area contributed by atoms with Crippen LogP contribution in [0.1, 0.15) is 20.3 Å². The van der Waals surface area contributed by atoms with E-state index in [4.69, 9.17) is 9.88 Å². The summed E-state index contributed by atoms with van der Waals surface area (Å²) in [4.78, 5) is 0. The van der Waals surface area contributed by atoms with E-state index in [-0.39, 0.29) is 6.10 Å². The summed E-state index contributed by atoms with van der Waals surface area (Å²) < 4.78 is 29.4. The van der Waals surface area contributed by atoms with Crippen LogP contribution in [0.15, 0.2) is 24.3 Å². The van der Waals surface area contributed by atoms with Crippen LogP contribution in [0.3, 0.4) is 0 Å². The van der Waals surface area contributed by atoms with Crippen LogP contribution in [0.25, 0.3) is 0 Å². The van der Waals surface area contributed by atoms with E-state index in [2.05, 4.69) is 4.72 Å². The smallest absolute Gasteiger partial charge is 0.296 e. The fourth-order valence-electron chi connectivity index (χ4n) is 1.11. The van der Waals surface area contributed by atoms with E-state index in [1.165, 1.54) is 0 Å². The molecular formula is C10H16N2O3S. The molecule has 90 valence electrons. The lowest BCUT2D eigenvalue weighted by atomic mass is 10.3. The Morgan fingerprint density at radius 3 is 2.75 bits per heavy atom. The van der Waals surface area contributed by atoms with Gasteiger partial charge in [0.2, 0.25) is 0 Å². The van der Waals surface area contributed by atoms with Crippen molar-refractivity contribution >= 4 is 15.9 Å². The summed E-state index contributed by atoms with van der Waals surface area (Å²) in [6, 6.07) is 6.66. The highest BCUT2D eigenvalue weighted by molar-refractivity contribution is 7.90. The first kappa shape index (κ1) is 12.8. The minimum absolute atomic E-state index is 0.0877. The third kappa shape index (κ3) is 4.50. The first-order chi connectivity index (χ1) is 7.40. The van der Waals surface area contributed by atoms with E-state index in [0.29, 0.717) is 11.4 Å². The van der Waals surface area contributed by atoms with E-state index in [1.54, 1.807) is 24.3 Å². The molecule has 0 heterocycles. The van der Waals surface area contributed by atoms with Gasteiger partial charge in [-0.15, -0.1) is 0 Å². The fourth-order valence-corrected chi connectivity index (χ4v) is 1.57. The zero-order valence-corrected chi connectivity index (χ0v) is 10.1. The monoisotopic (exact) mass is 244 g/mol. The lowest BCUT2D eigenvalue weighted by Gasteiger charge is -2.13. The van der Waals surface area contributed by atoms with E-state index in [0.717, 1.165) is 6.42 Å². The summed E-state index contributed by atoms with van der Waals surface area (Å²) >= 11 is 0. The lowest BCUT2D eigenvalue weighted by Crippen LogP contribution is -2.21. The summed E-state index contributed by atoms with van der Waals surface area (Å²) in [6.45, 7) is 3.96. The molecule has 0 saturated carbocycles. The van der Waals surface area contributed by atoms with E-state index in [1.807, 2.05) is 13.8 Å². The van der Waals surface area contributed by atoms with Crippen molar-refractivity contribution in [3.05, 3.63) is 24.3 Å². The van der Waals surface area contributed by atoms with Gasteiger partial charge >= 0.3 is 0 Å². The Bertz CT molecular complexity index is 445. The number of benzene rings is 1. The van der Waals surface area contributed by atoms with Crippen molar-refractivity contribution in [3.63, 3.8) is 0 Å². The molecule has 0 fully saturated rings. The van der Waals surface area contributed by atoms with E-state index in [9.17, 15) is 8.42 Å². The maximum atomic E-state index is 10.8. The maximum absolute atomic E-state index is 10.8. The van der Waals surface area contributed by atoms with Gasteiger partial charge in [0, 0.05) is 6.07 Å². The molecule has 0 saturated heterocycles. The van der Waals surface area contributed by atoms with Gasteiger partial charge in [-0.3, -0.25) is 4.72 Å². The second-order valence-electron chi connectivity index (χ2n) is 3.51. The predicted octanol–water partition coefficient (Wildman–Crippen LogP) is 1.48. The summed E-state index contributed by atoms with van der Waals surface area (Å²) in [5, 5.41) is 4.87. The number of ether oxygens (including phenoxy) is 1. The van der Waals surface area contributed by atoms with Crippen LogP contribution in [0.2, 0.25) is 0 Å². The van der Waals surface area contributed by atoms with Crippen LogP contribution >= 0.6 is 0 Å². The third-order valence-corrected chi connectivity index (χ3v) is 2.53. The largest absolute Gasteiger partial charge is 0.491 e. The molecule has 16 heavy (non-hydrogen) atoms. The van der Waals surface area contributed by atoms with Crippen LogP contribution in [0.5, 0.6) is 5.75 Å². The van der Waals surface area contributed by atoms with Crippen molar-refractivity contribution in [1.82, 2.24) is 0 Å². The van der Waals surface area contributed by atoms with E-state index >= 15 is 0 Å². The van der Waals surface area contributed by atoms with Crippen LogP contribution in [0.4, 0.5) is 5.69 Å². The second kappa shape index (κ2) is 5.18. The minimum Gasteiger partial charge on any atom is -0.491 e. The number of nitrogens with two attached hydrogens (primary N) is 1. The second-order valence-corrected chi connectivity index (χ2v) is 4.81. The quantitative estimate of drug-likeness (QED) is 0.823. The van der Waals surface area contributed by atoms with Gasteiger partial charge in [-0.2, -0.15) is 8.42 Å². The molecule has 0 aliphatic rings. The number of rotatable bonds is 5. The molecule has 1 aromatic rings. The van der Waals surface area contributed by atoms with Gasteiger partial charge in [0.1, 0.15) is 5.75 Å². The van der Waals surface area contributed by atoms with Crippen molar-refractivity contribution in [2.45, 2.75) is 26.4 Å². The molecule has 0 amide bonds. The molecule has 1 rings (SSSR count). The SMILES string of the molecule is CCC(C)Oc1cccc(NS(N)(=O)=O)c1. The zero-order valence-electron chi connectivity index (χ0n) is 9.30. The molecule has 1 atom stereocenters. The van der Waals surface area contributed by atoms with Gasteiger partial charge in [-0.1, -0.05) is 13.0 Å². The molecule has 0 aliphatic carbocycles. The number of hydrogen-bond acceptors (Lipinski definition) is 3. The van der Waals surface area contributed by atoms with Crippen LogP contribution < -0.4 is 14.6 Å². The standard InChI is InChI=1S/C10H16N2O3S/c1-3-8(2)15-10-6-4-5-9(7-10)12-16(11,13)14/h4-8,12H,3H2,1-2H3,(H2,11,13,14). The Hall–Kier alpha value is -1.27. The Kier molecular flexibility index (Phi) is 4.14. The summed E-state index contributed by atoms with van der Waals surface area (Å²) in [7, 11) is -3.73. The molecule has 5 nitrogen and oxygen atoms in total. The highest BCUT2D eigenvalue weighted by Crippen LogP contribution is 2.19. The molecule has 1 unspecified atom stereocenters. The summed E-state index contributed by atoms with van der Waals surface area (Å²) in [5.41, 5.74) is 0.392. The fraction of sp³-hybridized carbons (Fsp3) is 0.400. The Morgan fingerprint density at radius 2 is 2.19 bits per heavy atom. The molecule has 1 aromatic carbocycles. The van der Waals surface area contributed by atoms with Crippen LogP contribution in [-0.2, 0) is 10.2 Å². The molecule has 3 N–H and O–H groups in total. The lowest BCUT2D eigenvalue weighted by molar-refractivity contribution is 0.217. The van der Waals surface area contributed by atoms with Gasteiger partial charge in [0.25, 0.3) is 10.2 Å². The molecule has 0 radical (unpaired) electrons. The average Bonchev–Trinajstić information content (AvgIpc) is 2.15. The van der Waals surface area contributed by atoms with E-state index < -0.39 is 10.2 Å². The van der Waals surface area contributed by atoms with Crippen LogP contribution in [0, 0.1) is 0 Å². The molecule has 0 bridgehead atoms. The third-order valence-electron chi connectivity index (χ3n) is 2.01. The van der Waals surface area contributed by atoms with Gasteiger partial charge in [-0.05, 0) is 25.5 Å². The first-order valence-corrected chi connectivity index (χ1v) is 6.52. The number of nitrogens with one attached hydrogen (secondary N) is 1. The topological polar surface area (TPSA) is 81.4 Å². The van der Waals surface area contributed by atoms with Crippen LogP contribution in [-0.4, -0.2) is 14.5 Å². The number of anilines is 1. The van der Waals surface area contributed by atoms with Crippen molar-refractivity contribution in [3.8, 4) is 5.75 Å². The molecule has 0 spiro atoms. The predicted molar refractivity (Wildman–Crippen MR) is 63.6 cm³/mol. The van der Waals surface area contributed by atoms with Gasteiger partial charge < -0.3 is 4.74 Å². The highest BCUT2D eigenvalue weighted by atomic mass is 32.2. The Balaban J connectivity index is 2.79. The molecule has 6 heteroatoms. The summed E-state index contributed by atoms with van der Waals surface area (Å²) in [6.07, 6.45) is 0.970. The molecular weight excluding hydrogens is 228 g/mol.